The molecule has 70 valence electrons. The third-order valence-electron chi connectivity index (χ3n) is 2.15. The van der Waals surface area contributed by atoms with Gasteiger partial charge in [0.2, 0.25) is 0 Å². The van der Waals surface area contributed by atoms with E-state index in [1.165, 1.54) is 0 Å². The van der Waals surface area contributed by atoms with Gasteiger partial charge in [-0.3, -0.25) is 0 Å². The van der Waals surface area contributed by atoms with E-state index in [9.17, 15) is 4.79 Å². The highest BCUT2D eigenvalue weighted by Crippen LogP contribution is 2.19. The first-order valence-corrected chi connectivity index (χ1v) is 4.16. The molecule has 2 heterocycles. The number of hydrogen-bond acceptors (Lipinski definition) is 2. The number of fused-ring (bicyclic) bond motifs is 1. The van der Waals surface area contributed by atoms with Crippen LogP contribution < -0.4 is 0 Å². The molecule has 1 aliphatic rings. The van der Waals surface area contributed by atoms with Crippen LogP contribution in [0.5, 0.6) is 0 Å². The Kier molecular flexibility index (Phi) is 1.72. The van der Waals surface area contributed by atoms with E-state index >= 15 is 0 Å². The number of carbonyl (C=O) groups is 1. The number of nitrogens with zero attached hydrogens (tertiary/aromatic N) is 3. The smallest absolute Gasteiger partial charge is 0.320 e. The predicted molar refractivity (Wildman–Crippen MR) is 46.9 cm³/mol. The summed E-state index contributed by atoms with van der Waals surface area (Å²) in [5.74, 6) is 0. The summed E-state index contributed by atoms with van der Waals surface area (Å²) in [4.78, 5) is 22.0. The lowest BCUT2D eigenvalue weighted by Gasteiger charge is -2.20. The molecule has 5 nitrogen and oxygen atoms in total. The highest BCUT2D eigenvalue weighted by Gasteiger charge is 2.25. The van der Waals surface area contributed by atoms with Crippen molar-refractivity contribution >= 4 is 6.03 Å². The van der Waals surface area contributed by atoms with E-state index in [2.05, 4.69) is 9.97 Å². The molecule has 1 aromatic heterocycles. The van der Waals surface area contributed by atoms with Gasteiger partial charge in [-0.05, 0) is 0 Å². The zero-order valence-electron chi connectivity index (χ0n) is 7.74. The Morgan fingerprint density at radius 3 is 3.00 bits per heavy atom. The number of rotatable bonds is 0. The Morgan fingerprint density at radius 1 is 1.62 bits per heavy atom. The van der Waals surface area contributed by atoms with Crippen LogP contribution in [-0.4, -0.2) is 39.9 Å². The molecule has 13 heavy (non-hydrogen) atoms. The molecule has 0 spiro atoms. The standard InChI is InChI=1S/C8H12N4O/c1-11(2)8(13)12-3-6-7(4-12)10-5-9-6/h5H,3-4H2,1-2H3,(H,9,10). The van der Waals surface area contributed by atoms with Crippen molar-refractivity contribution in [2.45, 2.75) is 13.1 Å². The van der Waals surface area contributed by atoms with Crippen LogP contribution in [0.3, 0.4) is 0 Å². The lowest BCUT2D eigenvalue weighted by Crippen LogP contribution is -2.35. The van der Waals surface area contributed by atoms with E-state index in [0.717, 1.165) is 11.4 Å². The molecule has 2 amide bonds. The number of H-pyrrole nitrogens is 1. The van der Waals surface area contributed by atoms with Crippen molar-refractivity contribution in [3.63, 3.8) is 0 Å². The Bertz CT molecular complexity index is 310. The van der Waals surface area contributed by atoms with Crippen LogP contribution in [0.15, 0.2) is 6.33 Å². The quantitative estimate of drug-likeness (QED) is 0.628. The summed E-state index contributed by atoms with van der Waals surface area (Å²) in [6.07, 6.45) is 1.67. The topological polar surface area (TPSA) is 52.2 Å². The molecule has 0 radical (unpaired) electrons. The summed E-state index contributed by atoms with van der Waals surface area (Å²) in [6.45, 7) is 1.27. The molecule has 1 aromatic rings. The fourth-order valence-corrected chi connectivity index (χ4v) is 1.47. The van der Waals surface area contributed by atoms with Crippen molar-refractivity contribution < 1.29 is 4.79 Å². The number of aromatic amines is 1. The molecule has 0 aliphatic carbocycles. The number of imidazole rings is 1. The van der Waals surface area contributed by atoms with E-state index < -0.39 is 0 Å². The number of nitrogens with one attached hydrogen (secondary N) is 1. The van der Waals surface area contributed by atoms with E-state index in [1.807, 2.05) is 0 Å². The molecule has 0 atom stereocenters. The fraction of sp³-hybridized carbons (Fsp3) is 0.500. The predicted octanol–water partition coefficient (Wildman–Crippen LogP) is 0.407. The largest absolute Gasteiger partial charge is 0.347 e. The lowest BCUT2D eigenvalue weighted by atomic mass is 10.4. The SMILES string of the molecule is CN(C)C(=O)N1Cc2nc[nH]c2C1. The molecule has 0 bridgehead atoms. The van der Waals surface area contributed by atoms with E-state index in [-0.39, 0.29) is 6.03 Å². The molecule has 0 saturated heterocycles. The van der Waals surface area contributed by atoms with Crippen molar-refractivity contribution in [1.82, 2.24) is 19.8 Å². The molecular formula is C8H12N4O. The van der Waals surface area contributed by atoms with Crippen LogP contribution in [0.25, 0.3) is 0 Å². The van der Waals surface area contributed by atoms with Crippen LogP contribution in [0.1, 0.15) is 11.4 Å². The zero-order chi connectivity index (χ0) is 9.42. The third-order valence-corrected chi connectivity index (χ3v) is 2.15. The fourth-order valence-electron chi connectivity index (χ4n) is 1.47. The minimum atomic E-state index is 0.0337. The summed E-state index contributed by atoms with van der Waals surface area (Å²) in [5.41, 5.74) is 2.03. The van der Waals surface area contributed by atoms with Gasteiger partial charge in [0.25, 0.3) is 0 Å². The average molecular weight is 180 g/mol. The number of carbonyl (C=O) groups excluding carboxylic acids is 1. The van der Waals surface area contributed by atoms with Crippen molar-refractivity contribution in [3.05, 3.63) is 17.7 Å². The van der Waals surface area contributed by atoms with E-state index in [1.54, 1.807) is 30.2 Å². The summed E-state index contributed by atoms with van der Waals surface area (Å²) in [5, 5.41) is 0. The summed E-state index contributed by atoms with van der Waals surface area (Å²) in [7, 11) is 3.50. The number of aromatic nitrogens is 2. The maximum atomic E-state index is 11.5. The second kappa shape index (κ2) is 2.76. The van der Waals surface area contributed by atoms with Crippen molar-refractivity contribution in [2.75, 3.05) is 14.1 Å². The third kappa shape index (κ3) is 1.26. The highest BCUT2D eigenvalue weighted by atomic mass is 16.2. The van der Waals surface area contributed by atoms with Gasteiger partial charge in [0, 0.05) is 14.1 Å². The first-order valence-electron chi connectivity index (χ1n) is 4.16. The van der Waals surface area contributed by atoms with Crippen LogP contribution >= 0.6 is 0 Å². The maximum absolute atomic E-state index is 11.5. The van der Waals surface area contributed by atoms with Gasteiger partial charge in [0.1, 0.15) is 0 Å². The molecule has 1 aliphatic heterocycles. The first kappa shape index (κ1) is 8.10. The highest BCUT2D eigenvalue weighted by molar-refractivity contribution is 5.74. The molecule has 1 N–H and O–H groups in total. The minimum absolute atomic E-state index is 0.0337. The van der Waals surface area contributed by atoms with E-state index in [0.29, 0.717) is 13.1 Å². The summed E-state index contributed by atoms with van der Waals surface area (Å²) in [6, 6.07) is 0.0337. The van der Waals surface area contributed by atoms with Crippen LogP contribution in [-0.2, 0) is 13.1 Å². The minimum Gasteiger partial charge on any atom is -0.347 e. The number of urea groups is 1. The van der Waals surface area contributed by atoms with Gasteiger partial charge >= 0.3 is 6.03 Å². The molecule has 0 fully saturated rings. The molecule has 2 rings (SSSR count). The molecule has 0 saturated carbocycles. The van der Waals surface area contributed by atoms with Gasteiger partial charge in [0.05, 0.1) is 30.8 Å². The van der Waals surface area contributed by atoms with Gasteiger partial charge in [-0.1, -0.05) is 0 Å². The molecule has 0 unspecified atom stereocenters. The van der Waals surface area contributed by atoms with E-state index in [4.69, 9.17) is 0 Å². The van der Waals surface area contributed by atoms with Gasteiger partial charge in [-0.2, -0.15) is 0 Å². The summed E-state index contributed by atoms with van der Waals surface area (Å²) >= 11 is 0. The second-order valence-electron chi connectivity index (χ2n) is 3.36. The van der Waals surface area contributed by atoms with Gasteiger partial charge in [-0.25, -0.2) is 9.78 Å². The second-order valence-corrected chi connectivity index (χ2v) is 3.36. The van der Waals surface area contributed by atoms with Crippen LogP contribution in [0.4, 0.5) is 4.79 Å². The molecule has 5 heteroatoms. The number of hydrogen-bond donors (Lipinski definition) is 1. The lowest BCUT2D eigenvalue weighted by molar-refractivity contribution is 0.170. The normalized spacial score (nSPS) is 14.5. The van der Waals surface area contributed by atoms with Crippen LogP contribution in [0.2, 0.25) is 0 Å². The average Bonchev–Trinajstić information content (AvgIpc) is 2.59. The van der Waals surface area contributed by atoms with Crippen molar-refractivity contribution in [1.29, 1.82) is 0 Å². The zero-order valence-corrected chi connectivity index (χ0v) is 7.74. The summed E-state index contributed by atoms with van der Waals surface area (Å²) < 4.78 is 0. The Balaban J connectivity index is 2.10. The Labute approximate surface area is 76.4 Å². The van der Waals surface area contributed by atoms with Crippen molar-refractivity contribution in [3.8, 4) is 0 Å². The van der Waals surface area contributed by atoms with Gasteiger partial charge < -0.3 is 14.8 Å². The van der Waals surface area contributed by atoms with Gasteiger partial charge in [0.15, 0.2) is 0 Å². The van der Waals surface area contributed by atoms with Crippen molar-refractivity contribution in [2.24, 2.45) is 0 Å². The number of amides is 2. The first-order chi connectivity index (χ1) is 6.18. The Morgan fingerprint density at radius 2 is 2.38 bits per heavy atom. The maximum Gasteiger partial charge on any atom is 0.320 e. The monoisotopic (exact) mass is 180 g/mol. The van der Waals surface area contributed by atoms with Gasteiger partial charge in [-0.15, -0.1) is 0 Å². The van der Waals surface area contributed by atoms with Crippen LogP contribution in [0, 0.1) is 0 Å². The molecule has 0 aromatic carbocycles. The Hall–Kier alpha value is -1.52. The molecular weight excluding hydrogens is 168 g/mol.